The number of methoxy groups -OCH3 is 1. The maximum atomic E-state index is 11.5. The number of furan rings is 1. The van der Waals surface area contributed by atoms with E-state index in [1.165, 1.54) is 7.11 Å². The summed E-state index contributed by atoms with van der Waals surface area (Å²) < 4.78 is 12.3. The second-order valence-corrected chi connectivity index (χ2v) is 4.44. The Morgan fingerprint density at radius 1 is 1.56 bits per heavy atom. The van der Waals surface area contributed by atoms with E-state index in [4.69, 9.17) is 4.42 Å². The van der Waals surface area contributed by atoms with Crippen LogP contribution in [0, 0.1) is 6.92 Å². The number of esters is 1. The van der Waals surface area contributed by atoms with Crippen LogP contribution in [0.5, 0.6) is 0 Å². The molecule has 2 aromatic rings. The molecule has 0 saturated carbocycles. The van der Waals surface area contributed by atoms with E-state index < -0.39 is 5.97 Å². The van der Waals surface area contributed by atoms with Crippen LogP contribution in [0.2, 0.25) is 0 Å². The predicted molar refractivity (Wildman–Crippen MR) is 64.3 cm³/mol. The summed E-state index contributed by atoms with van der Waals surface area (Å²) in [6, 6.07) is 1.76. The zero-order valence-corrected chi connectivity index (χ0v) is 10.4. The fraction of sp³-hybridized carbons (Fsp3) is 0.385. The number of fused-ring (bicyclic) bond motifs is 3. The molecule has 0 fully saturated rings. The fourth-order valence-electron chi connectivity index (χ4n) is 2.41. The highest BCUT2D eigenvalue weighted by atomic mass is 16.5. The molecule has 0 N–H and O–H groups in total. The van der Waals surface area contributed by atoms with Gasteiger partial charge in [-0.3, -0.25) is 4.68 Å². The molecule has 0 bridgehead atoms. The first-order chi connectivity index (χ1) is 8.70. The third-order valence-corrected chi connectivity index (χ3v) is 3.25. The lowest BCUT2D eigenvalue weighted by molar-refractivity contribution is 0.0563. The number of aromatic nitrogens is 2. The van der Waals surface area contributed by atoms with Gasteiger partial charge in [0.1, 0.15) is 5.76 Å². The molecule has 0 amide bonds. The molecule has 0 radical (unpaired) electrons. The quantitative estimate of drug-likeness (QED) is 0.724. The van der Waals surface area contributed by atoms with E-state index in [1.54, 1.807) is 6.07 Å². The van der Waals surface area contributed by atoms with Gasteiger partial charge in [-0.15, -0.1) is 0 Å². The van der Waals surface area contributed by atoms with Crippen LogP contribution < -0.4 is 0 Å². The minimum Gasteiger partial charge on any atom is -0.463 e. The molecule has 0 aliphatic carbocycles. The molecule has 0 aromatic carbocycles. The molecular formula is C13H14N2O3. The van der Waals surface area contributed by atoms with E-state index in [9.17, 15) is 4.79 Å². The summed E-state index contributed by atoms with van der Waals surface area (Å²) in [5.41, 5.74) is 3.10. The standard InChI is InChI=1S/C13H14N2O3/c1-8-7-14-15-5-3-4-10-9(12(8)15)6-11(18-10)13(16)17-2/h6-7H,3-5H2,1-2H3. The van der Waals surface area contributed by atoms with Crippen LogP contribution in [-0.2, 0) is 17.7 Å². The van der Waals surface area contributed by atoms with Crippen molar-refractivity contribution in [3.8, 4) is 11.3 Å². The van der Waals surface area contributed by atoms with Gasteiger partial charge < -0.3 is 9.15 Å². The molecule has 2 aromatic heterocycles. The molecule has 3 heterocycles. The van der Waals surface area contributed by atoms with E-state index in [0.717, 1.165) is 42.0 Å². The third-order valence-electron chi connectivity index (χ3n) is 3.25. The minimum absolute atomic E-state index is 0.261. The van der Waals surface area contributed by atoms with Gasteiger partial charge in [0, 0.05) is 24.6 Å². The van der Waals surface area contributed by atoms with Gasteiger partial charge in [0.2, 0.25) is 5.76 Å². The molecular weight excluding hydrogens is 232 g/mol. The van der Waals surface area contributed by atoms with E-state index in [0.29, 0.717) is 0 Å². The van der Waals surface area contributed by atoms with E-state index in [-0.39, 0.29) is 5.76 Å². The highest BCUT2D eigenvalue weighted by molar-refractivity contribution is 5.88. The van der Waals surface area contributed by atoms with Crippen LogP contribution in [0.25, 0.3) is 11.3 Å². The summed E-state index contributed by atoms with van der Waals surface area (Å²) in [6.07, 6.45) is 3.61. The van der Waals surface area contributed by atoms with Crippen LogP contribution in [-0.4, -0.2) is 22.9 Å². The van der Waals surface area contributed by atoms with Gasteiger partial charge >= 0.3 is 5.97 Å². The molecule has 3 rings (SSSR count). The lowest BCUT2D eigenvalue weighted by Crippen LogP contribution is -2.01. The van der Waals surface area contributed by atoms with Gasteiger partial charge in [-0.25, -0.2) is 4.79 Å². The highest BCUT2D eigenvalue weighted by Gasteiger charge is 2.24. The van der Waals surface area contributed by atoms with Crippen molar-refractivity contribution in [2.24, 2.45) is 0 Å². The molecule has 0 spiro atoms. The summed E-state index contributed by atoms with van der Waals surface area (Å²) >= 11 is 0. The molecule has 5 nitrogen and oxygen atoms in total. The Balaban J connectivity index is 2.17. The lowest BCUT2D eigenvalue weighted by Gasteiger charge is -2.02. The molecule has 0 unspecified atom stereocenters. The molecule has 94 valence electrons. The highest BCUT2D eigenvalue weighted by Crippen LogP contribution is 2.33. The summed E-state index contributed by atoms with van der Waals surface area (Å²) in [5.74, 6) is 0.668. The molecule has 0 saturated heterocycles. The Labute approximate surface area is 104 Å². The van der Waals surface area contributed by atoms with Gasteiger partial charge in [-0.2, -0.15) is 5.10 Å². The van der Waals surface area contributed by atoms with Gasteiger partial charge in [0.15, 0.2) is 0 Å². The first kappa shape index (κ1) is 11.1. The third kappa shape index (κ3) is 1.54. The Kier molecular flexibility index (Phi) is 2.47. The van der Waals surface area contributed by atoms with Crippen molar-refractivity contribution in [2.45, 2.75) is 26.3 Å². The average molecular weight is 246 g/mol. The van der Waals surface area contributed by atoms with Crippen molar-refractivity contribution in [3.05, 3.63) is 29.3 Å². The van der Waals surface area contributed by atoms with Gasteiger partial charge in [0.25, 0.3) is 0 Å². The van der Waals surface area contributed by atoms with Crippen molar-refractivity contribution >= 4 is 5.97 Å². The van der Waals surface area contributed by atoms with Crippen molar-refractivity contribution in [2.75, 3.05) is 7.11 Å². The van der Waals surface area contributed by atoms with Crippen molar-refractivity contribution in [1.82, 2.24) is 9.78 Å². The van der Waals surface area contributed by atoms with Gasteiger partial charge in [-0.05, 0) is 18.9 Å². The first-order valence-electron chi connectivity index (χ1n) is 5.94. The zero-order valence-electron chi connectivity index (χ0n) is 10.4. The van der Waals surface area contributed by atoms with Crippen LogP contribution in [0.3, 0.4) is 0 Å². The SMILES string of the molecule is COC(=O)c1cc2c(o1)CCCn1ncc(C)c1-2. The summed E-state index contributed by atoms with van der Waals surface area (Å²) in [4.78, 5) is 11.5. The van der Waals surface area contributed by atoms with Gasteiger partial charge in [0.05, 0.1) is 19.0 Å². The summed E-state index contributed by atoms with van der Waals surface area (Å²) in [7, 11) is 1.35. The maximum Gasteiger partial charge on any atom is 0.373 e. The van der Waals surface area contributed by atoms with Crippen LogP contribution in [0.15, 0.2) is 16.7 Å². The lowest BCUT2D eigenvalue weighted by atomic mass is 10.1. The number of aryl methyl sites for hydroxylation is 3. The molecule has 0 atom stereocenters. The normalized spacial score (nSPS) is 13.7. The van der Waals surface area contributed by atoms with E-state index >= 15 is 0 Å². The number of nitrogens with zero attached hydrogens (tertiary/aromatic N) is 2. The number of hydrogen-bond donors (Lipinski definition) is 0. The summed E-state index contributed by atoms with van der Waals surface area (Å²) in [5, 5.41) is 4.35. The zero-order chi connectivity index (χ0) is 12.7. The fourth-order valence-corrected chi connectivity index (χ4v) is 2.41. The van der Waals surface area contributed by atoms with Gasteiger partial charge in [-0.1, -0.05) is 0 Å². The Morgan fingerprint density at radius 2 is 2.39 bits per heavy atom. The van der Waals surface area contributed by atoms with E-state index in [2.05, 4.69) is 9.84 Å². The molecule has 5 heteroatoms. The number of rotatable bonds is 1. The van der Waals surface area contributed by atoms with Crippen molar-refractivity contribution in [3.63, 3.8) is 0 Å². The van der Waals surface area contributed by atoms with Crippen LogP contribution in [0.1, 0.15) is 28.3 Å². The topological polar surface area (TPSA) is 57.3 Å². The number of carbonyl (C=O) groups is 1. The number of carbonyl (C=O) groups excluding carboxylic acids is 1. The second-order valence-electron chi connectivity index (χ2n) is 4.44. The molecule has 18 heavy (non-hydrogen) atoms. The number of ether oxygens (including phenoxy) is 1. The molecule has 1 aliphatic heterocycles. The van der Waals surface area contributed by atoms with Crippen LogP contribution in [0.4, 0.5) is 0 Å². The van der Waals surface area contributed by atoms with Crippen molar-refractivity contribution in [1.29, 1.82) is 0 Å². The Hall–Kier alpha value is -2.04. The Morgan fingerprint density at radius 3 is 3.17 bits per heavy atom. The second kappa shape index (κ2) is 4.01. The molecule has 1 aliphatic rings. The first-order valence-corrected chi connectivity index (χ1v) is 5.94. The van der Waals surface area contributed by atoms with Crippen molar-refractivity contribution < 1.29 is 13.9 Å². The van der Waals surface area contributed by atoms with E-state index in [1.807, 2.05) is 17.8 Å². The summed E-state index contributed by atoms with van der Waals surface area (Å²) in [6.45, 7) is 2.89. The largest absolute Gasteiger partial charge is 0.463 e. The smallest absolute Gasteiger partial charge is 0.373 e. The maximum absolute atomic E-state index is 11.5. The Bertz CT molecular complexity index is 610. The minimum atomic E-state index is -0.438. The van der Waals surface area contributed by atoms with Crippen LogP contribution >= 0.6 is 0 Å². The average Bonchev–Trinajstić information content (AvgIpc) is 2.89. The predicted octanol–water partition coefficient (Wildman–Crippen LogP) is 2.18. The number of hydrogen-bond acceptors (Lipinski definition) is 4. The monoisotopic (exact) mass is 246 g/mol.